The molecule has 2 aromatic carbocycles. The highest BCUT2D eigenvalue weighted by Gasteiger charge is 2.23. The van der Waals surface area contributed by atoms with Crippen molar-refractivity contribution in [1.29, 1.82) is 0 Å². The number of carbonyl (C=O) groups is 2. The number of aliphatic hydroxyl groups excluding tert-OH is 1. The summed E-state index contributed by atoms with van der Waals surface area (Å²) in [5, 5.41) is 15.2. The van der Waals surface area contributed by atoms with Gasteiger partial charge in [0, 0.05) is 30.1 Å². The monoisotopic (exact) mass is 381 g/mol. The van der Waals surface area contributed by atoms with Crippen LogP contribution in [-0.2, 0) is 22.6 Å². The minimum Gasteiger partial charge on any atom is -0.445 e. The normalized spacial score (nSPS) is 11.8. The SMILES string of the molecule is O=C(N[C@@H](Cc1c[nH]c2ccccc12)C(=O)NCCO)OCc1ccccc1. The van der Waals surface area contributed by atoms with Crippen molar-refractivity contribution in [2.24, 2.45) is 0 Å². The predicted molar refractivity (Wildman–Crippen MR) is 106 cm³/mol. The van der Waals surface area contributed by atoms with Gasteiger partial charge in [-0.05, 0) is 17.2 Å². The molecule has 1 aromatic heterocycles. The zero-order valence-corrected chi connectivity index (χ0v) is 15.4. The van der Waals surface area contributed by atoms with E-state index in [0.717, 1.165) is 22.0 Å². The van der Waals surface area contributed by atoms with Crippen LogP contribution < -0.4 is 10.6 Å². The number of hydrogen-bond acceptors (Lipinski definition) is 4. The molecule has 0 bridgehead atoms. The Balaban J connectivity index is 1.67. The second-order valence-corrected chi connectivity index (χ2v) is 6.34. The lowest BCUT2D eigenvalue weighted by Gasteiger charge is -2.18. The number of hydrogen-bond donors (Lipinski definition) is 4. The van der Waals surface area contributed by atoms with Gasteiger partial charge in [-0.3, -0.25) is 4.79 Å². The molecule has 0 fully saturated rings. The maximum absolute atomic E-state index is 12.5. The first-order valence-corrected chi connectivity index (χ1v) is 9.08. The lowest BCUT2D eigenvalue weighted by atomic mass is 10.0. The molecule has 3 aromatic rings. The first kappa shape index (κ1) is 19.4. The van der Waals surface area contributed by atoms with E-state index in [1.807, 2.05) is 60.8 Å². The van der Waals surface area contributed by atoms with E-state index in [2.05, 4.69) is 15.6 Å². The molecule has 4 N–H and O–H groups in total. The summed E-state index contributed by atoms with van der Waals surface area (Å²) in [5.74, 6) is -0.379. The zero-order chi connectivity index (χ0) is 19.8. The molecule has 2 amide bonds. The molecule has 7 nitrogen and oxygen atoms in total. The zero-order valence-electron chi connectivity index (χ0n) is 15.4. The van der Waals surface area contributed by atoms with Crippen LogP contribution in [0.25, 0.3) is 10.9 Å². The van der Waals surface area contributed by atoms with E-state index >= 15 is 0 Å². The summed E-state index contributed by atoms with van der Waals surface area (Å²) >= 11 is 0. The number of rotatable bonds is 8. The van der Waals surface area contributed by atoms with Gasteiger partial charge in [0.25, 0.3) is 0 Å². The standard InChI is InChI=1S/C21H23N3O4/c25-11-10-22-20(26)19(12-16-13-23-18-9-5-4-8-17(16)18)24-21(27)28-14-15-6-2-1-3-7-15/h1-9,13,19,23,25H,10-12,14H2,(H,22,26)(H,24,27)/t19-/m0/s1. The fourth-order valence-corrected chi connectivity index (χ4v) is 2.94. The van der Waals surface area contributed by atoms with E-state index in [1.54, 1.807) is 0 Å². The van der Waals surface area contributed by atoms with Gasteiger partial charge in [-0.25, -0.2) is 4.79 Å². The average Bonchev–Trinajstić information content (AvgIpc) is 3.13. The molecule has 1 atom stereocenters. The van der Waals surface area contributed by atoms with Crippen molar-refractivity contribution in [1.82, 2.24) is 15.6 Å². The van der Waals surface area contributed by atoms with Crippen LogP contribution in [0.5, 0.6) is 0 Å². The summed E-state index contributed by atoms with van der Waals surface area (Å²) in [5.41, 5.74) is 2.72. The molecule has 1 heterocycles. The highest BCUT2D eigenvalue weighted by atomic mass is 16.5. The molecule has 0 unspecified atom stereocenters. The molecule has 0 saturated carbocycles. The van der Waals surface area contributed by atoms with Crippen molar-refractivity contribution in [3.63, 3.8) is 0 Å². The van der Waals surface area contributed by atoms with Gasteiger partial charge in [0.1, 0.15) is 12.6 Å². The number of fused-ring (bicyclic) bond motifs is 1. The number of ether oxygens (including phenoxy) is 1. The molecule has 0 aliphatic rings. The summed E-state index contributed by atoms with van der Waals surface area (Å²) in [6, 6.07) is 16.2. The Labute approximate surface area is 162 Å². The Bertz CT molecular complexity index is 924. The molecule has 0 aliphatic heterocycles. The molecule has 0 aliphatic carbocycles. The number of carbonyl (C=O) groups excluding carboxylic acids is 2. The Hall–Kier alpha value is -3.32. The summed E-state index contributed by atoms with van der Waals surface area (Å²) in [6.07, 6.45) is 1.45. The number of aliphatic hydroxyl groups is 1. The van der Waals surface area contributed by atoms with Crippen LogP contribution in [0.15, 0.2) is 60.8 Å². The molecule has 0 spiro atoms. The maximum atomic E-state index is 12.5. The Kier molecular flexibility index (Phi) is 6.64. The molecular weight excluding hydrogens is 358 g/mol. The highest BCUT2D eigenvalue weighted by Crippen LogP contribution is 2.19. The third-order valence-electron chi connectivity index (χ3n) is 4.33. The number of aromatic amines is 1. The number of nitrogens with one attached hydrogen (secondary N) is 3. The average molecular weight is 381 g/mol. The van der Waals surface area contributed by atoms with Gasteiger partial charge in [0.2, 0.25) is 5.91 Å². The van der Waals surface area contributed by atoms with E-state index in [1.165, 1.54) is 0 Å². The fourth-order valence-electron chi connectivity index (χ4n) is 2.94. The lowest BCUT2D eigenvalue weighted by Crippen LogP contribution is -2.48. The lowest BCUT2D eigenvalue weighted by molar-refractivity contribution is -0.123. The third-order valence-corrected chi connectivity index (χ3v) is 4.33. The van der Waals surface area contributed by atoms with E-state index in [0.29, 0.717) is 6.42 Å². The van der Waals surface area contributed by atoms with Crippen LogP contribution in [0.4, 0.5) is 4.79 Å². The Morgan fingerprint density at radius 2 is 1.82 bits per heavy atom. The second kappa shape index (κ2) is 9.57. The molecule has 28 heavy (non-hydrogen) atoms. The molecule has 7 heteroatoms. The number of amides is 2. The molecule has 0 saturated heterocycles. The number of aromatic nitrogens is 1. The van der Waals surface area contributed by atoms with Crippen LogP contribution in [0.1, 0.15) is 11.1 Å². The number of H-pyrrole nitrogens is 1. The predicted octanol–water partition coefficient (Wildman–Crippen LogP) is 2.11. The van der Waals surface area contributed by atoms with E-state index in [9.17, 15) is 9.59 Å². The van der Waals surface area contributed by atoms with Gasteiger partial charge in [0.15, 0.2) is 0 Å². The largest absolute Gasteiger partial charge is 0.445 e. The van der Waals surface area contributed by atoms with Crippen LogP contribution in [0, 0.1) is 0 Å². The van der Waals surface area contributed by atoms with Crippen LogP contribution >= 0.6 is 0 Å². The van der Waals surface area contributed by atoms with Crippen molar-refractivity contribution in [3.8, 4) is 0 Å². The summed E-state index contributed by atoms with van der Waals surface area (Å²) in [6.45, 7) is 0.0543. The summed E-state index contributed by atoms with van der Waals surface area (Å²) < 4.78 is 5.23. The maximum Gasteiger partial charge on any atom is 0.408 e. The first-order valence-electron chi connectivity index (χ1n) is 9.08. The smallest absolute Gasteiger partial charge is 0.408 e. The minimum absolute atomic E-state index is 0.115. The van der Waals surface area contributed by atoms with Crippen LogP contribution in [0.2, 0.25) is 0 Å². The van der Waals surface area contributed by atoms with Crippen molar-refractivity contribution >= 4 is 22.9 Å². The Morgan fingerprint density at radius 3 is 2.61 bits per heavy atom. The topological polar surface area (TPSA) is 103 Å². The molecule has 3 rings (SSSR count). The third kappa shape index (κ3) is 5.11. The van der Waals surface area contributed by atoms with E-state index < -0.39 is 12.1 Å². The van der Waals surface area contributed by atoms with Crippen molar-refractivity contribution in [3.05, 3.63) is 71.9 Å². The van der Waals surface area contributed by atoms with Gasteiger partial charge in [-0.2, -0.15) is 0 Å². The summed E-state index contributed by atoms with van der Waals surface area (Å²) in [7, 11) is 0. The van der Waals surface area contributed by atoms with E-state index in [-0.39, 0.29) is 25.7 Å². The van der Waals surface area contributed by atoms with Gasteiger partial charge in [-0.1, -0.05) is 48.5 Å². The first-order chi connectivity index (χ1) is 13.7. The van der Waals surface area contributed by atoms with Crippen molar-refractivity contribution < 1.29 is 19.4 Å². The minimum atomic E-state index is -0.825. The number of para-hydroxylation sites is 1. The fraction of sp³-hybridized carbons (Fsp3) is 0.238. The van der Waals surface area contributed by atoms with Crippen molar-refractivity contribution in [2.75, 3.05) is 13.2 Å². The Morgan fingerprint density at radius 1 is 1.07 bits per heavy atom. The molecule has 0 radical (unpaired) electrons. The van der Waals surface area contributed by atoms with Crippen molar-refractivity contribution in [2.45, 2.75) is 19.1 Å². The van der Waals surface area contributed by atoms with Crippen LogP contribution in [0.3, 0.4) is 0 Å². The quantitative estimate of drug-likeness (QED) is 0.480. The second-order valence-electron chi connectivity index (χ2n) is 6.34. The van der Waals surface area contributed by atoms with Crippen LogP contribution in [-0.4, -0.2) is 41.3 Å². The van der Waals surface area contributed by atoms with Gasteiger partial charge >= 0.3 is 6.09 Å². The highest BCUT2D eigenvalue weighted by molar-refractivity contribution is 5.88. The number of benzene rings is 2. The van der Waals surface area contributed by atoms with Gasteiger partial charge < -0.3 is 25.5 Å². The van der Waals surface area contributed by atoms with Gasteiger partial charge in [0.05, 0.1) is 6.61 Å². The van der Waals surface area contributed by atoms with Gasteiger partial charge in [-0.15, -0.1) is 0 Å². The molecule has 146 valence electrons. The van der Waals surface area contributed by atoms with E-state index in [4.69, 9.17) is 9.84 Å². The summed E-state index contributed by atoms with van der Waals surface area (Å²) in [4.78, 5) is 27.9. The molecular formula is C21H23N3O4. The number of alkyl carbamates (subject to hydrolysis) is 1.